The molecule has 2 unspecified atom stereocenters. The number of carbonyl (C=O) groups is 1. The van der Waals surface area contributed by atoms with Gasteiger partial charge in [-0.2, -0.15) is 0 Å². The van der Waals surface area contributed by atoms with Crippen LogP contribution in [0.15, 0.2) is 0 Å². The molecule has 14 heavy (non-hydrogen) atoms. The van der Waals surface area contributed by atoms with E-state index in [4.69, 9.17) is 5.73 Å². The number of likely N-dealkylation sites (tertiary alicyclic amines) is 1. The summed E-state index contributed by atoms with van der Waals surface area (Å²) >= 11 is 0. The summed E-state index contributed by atoms with van der Waals surface area (Å²) in [6.07, 6.45) is 3.06. The monoisotopic (exact) mass is 199 g/mol. The van der Waals surface area contributed by atoms with Crippen LogP contribution >= 0.6 is 0 Å². The van der Waals surface area contributed by atoms with Gasteiger partial charge in [0.05, 0.1) is 6.04 Å². The Morgan fingerprint density at radius 2 is 2.43 bits per heavy atom. The van der Waals surface area contributed by atoms with Crippen molar-refractivity contribution in [2.75, 3.05) is 20.1 Å². The fourth-order valence-corrected chi connectivity index (χ4v) is 2.17. The van der Waals surface area contributed by atoms with Gasteiger partial charge >= 0.3 is 0 Å². The molecule has 82 valence electrons. The van der Waals surface area contributed by atoms with E-state index >= 15 is 0 Å². The van der Waals surface area contributed by atoms with E-state index in [0.29, 0.717) is 12.6 Å². The number of nitrogens with two attached hydrogens (primary N) is 1. The minimum absolute atomic E-state index is 0.0709. The Balaban J connectivity index is 2.54. The van der Waals surface area contributed by atoms with Gasteiger partial charge in [-0.15, -0.1) is 0 Å². The highest BCUT2D eigenvalue weighted by Gasteiger charge is 2.32. The van der Waals surface area contributed by atoms with Gasteiger partial charge in [0.15, 0.2) is 0 Å². The lowest BCUT2D eigenvalue weighted by molar-refractivity contribution is -0.125. The van der Waals surface area contributed by atoms with Crippen molar-refractivity contribution in [1.29, 1.82) is 0 Å². The Morgan fingerprint density at radius 1 is 1.71 bits per heavy atom. The highest BCUT2D eigenvalue weighted by molar-refractivity contribution is 5.81. The van der Waals surface area contributed by atoms with Crippen LogP contribution in [0.1, 0.15) is 26.2 Å². The normalized spacial score (nSPS) is 24.9. The van der Waals surface area contributed by atoms with E-state index in [1.165, 1.54) is 0 Å². The van der Waals surface area contributed by atoms with Crippen molar-refractivity contribution in [1.82, 2.24) is 10.2 Å². The molecule has 0 saturated carbocycles. The zero-order chi connectivity index (χ0) is 10.6. The van der Waals surface area contributed by atoms with E-state index in [0.717, 1.165) is 25.8 Å². The lowest BCUT2D eigenvalue weighted by Crippen LogP contribution is -2.46. The van der Waals surface area contributed by atoms with Gasteiger partial charge in [0, 0.05) is 13.1 Å². The molecule has 0 aromatic rings. The topological polar surface area (TPSA) is 58.4 Å². The number of nitrogens with zero attached hydrogens (tertiary/aromatic N) is 1. The van der Waals surface area contributed by atoms with Gasteiger partial charge in [-0.05, 0) is 39.3 Å². The molecular weight excluding hydrogens is 178 g/mol. The van der Waals surface area contributed by atoms with E-state index in [-0.39, 0.29) is 11.9 Å². The van der Waals surface area contributed by atoms with Crippen LogP contribution in [0.5, 0.6) is 0 Å². The van der Waals surface area contributed by atoms with Gasteiger partial charge in [-0.3, -0.25) is 9.69 Å². The quantitative estimate of drug-likeness (QED) is 0.666. The number of hydrogen-bond donors (Lipinski definition) is 2. The van der Waals surface area contributed by atoms with E-state index in [1.54, 1.807) is 7.05 Å². The summed E-state index contributed by atoms with van der Waals surface area (Å²) in [5.74, 6) is 0.145. The number of hydrogen-bond acceptors (Lipinski definition) is 3. The second kappa shape index (κ2) is 5.32. The zero-order valence-electron chi connectivity index (χ0n) is 9.12. The maximum Gasteiger partial charge on any atom is 0.237 e. The molecule has 1 fully saturated rings. The minimum atomic E-state index is 0.0709. The van der Waals surface area contributed by atoms with Crippen LogP contribution in [0.25, 0.3) is 0 Å². The van der Waals surface area contributed by atoms with Gasteiger partial charge in [0.2, 0.25) is 5.91 Å². The Morgan fingerprint density at radius 3 is 3.00 bits per heavy atom. The highest BCUT2D eigenvalue weighted by atomic mass is 16.2. The summed E-state index contributed by atoms with van der Waals surface area (Å²) < 4.78 is 0. The first-order valence-electron chi connectivity index (χ1n) is 5.38. The smallest absolute Gasteiger partial charge is 0.237 e. The fraction of sp³-hybridized carbons (Fsp3) is 0.900. The van der Waals surface area contributed by atoms with Crippen LogP contribution in [-0.4, -0.2) is 43.0 Å². The molecule has 0 spiro atoms. The molecule has 0 aromatic heterocycles. The van der Waals surface area contributed by atoms with Crippen LogP contribution in [0, 0.1) is 0 Å². The third-order valence-electron chi connectivity index (χ3n) is 2.99. The second-order valence-electron chi connectivity index (χ2n) is 3.94. The average molecular weight is 199 g/mol. The summed E-state index contributed by atoms with van der Waals surface area (Å²) in [5.41, 5.74) is 5.52. The van der Waals surface area contributed by atoms with Crippen molar-refractivity contribution >= 4 is 5.91 Å². The van der Waals surface area contributed by atoms with E-state index < -0.39 is 0 Å². The second-order valence-corrected chi connectivity index (χ2v) is 3.94. The zero-order valence-corrected chi connectivity index (χ0v) is 9.12. The number of carbonyl (C=O) groups excluding carboxylic acids is 1. The number of amides is 1. The van der Waals surface area contributed by atoms with Gasteiger partial charge < -0.3 is 11.1 Å². The summed E-state index contributed by atoms with van der Waals surface area (Å²) in [7, 11) is 1.70. The Labute approximate surface area is 85.8 Å². The molecule has 1 heterocycles. The average Bonchev–Trinajstić information content (AvgIpc) is 2.65. The predicted octanol–water partition coefficient (Wildman–Crippen LogP) is -0.0659. The third-order valence-corrected chi connectivity index (χ3v) is 2.99. The maximum atomic E-state index is 11.5. The number of nitrogens with one attached hydrogen (secondary N) is 1. The van der Waals surface area contributed by atoms with Crippen molar-refractivity contribution < 1.29 is 4.79 Å². The summed E-state index contributed by atoms with van der Waals surface area (Å²) in [4.78, 5) is 13.8. The first-order valence-corrected chi connectivity index (χ1v) is 5.38. The number of rotatable bonds is 4. The van der Waals surface area contributed by atoms with Crippen LogP contribution < -0.4 is 11.1 Å². The number of likely N-dealkylation sites (N-methyl/N-ethyl adjacent to an activating group) is 1. The van der Waals surface area contributed by atoms with Gasteiger partial charge in [0.1, 0.15) is 0 Å². The lowest BCUT2D eigenvalue weighted by Gasteiger charge is -2.29. The molecule has 1 rings (SSSR count). The molecule has 2 atom stereocenters. The van der Waals surface area contributed by atoms with Crippen LogP contribution in [0.2, 0.25) is 0 Å². The van der Waals surface area contributed by atoms with Crippen molar-refractivity contribution in [3.63, 3.8) is 0 Å². The molecular formula is C10H21N3O. The highest BCUT2D eigenvalue weighted by Crippen LogP contribution is 2.21. The summed E-state index contributed by atoms with van der Waals surface area (Å²) in [5, 5.41) is 2.72. The summed E-state index contributed by atoms with van der Waals surface area (Å²) in [6.45, 7) is 3.87. The molecule has 4 nitrogen and oxygen atoms in total. The van der Waals surface area contributed by atoms with Crippen LogP contribution in [0.3, 0.4) is 0 Å². The molecule has 1 aliphatic heterocycles. The molecule has 0 radical (unpaired) electrons. The van der Waals surface area contributed by atoms with Crippen molar-refractivity contribution in [2.45, 2.75) is 38.3 Å². The van der Waals surface area contributed by atoms with Gasteiger partial charge in [-0.1, -0.05) is 0 Å². The Hall–Kier alpha value is -0.610. The largest absolute Gasteiger partial charge is 0.358 e. The first-order chi connectivity index (χ1) is 6.70. The minimum Gasteiger partial charge on any atom is -0.358 e. The molecule has 0 aromatic carbocycles. The predicted molar refractivity (Wildman–Crippen MR) is 56.9 cm³/mol. The van der Waals surface area contributed by atoms with Gasteiger partial charge in [-0.25, -0.2) is 0 Å². The van der Waals surface area contributed by atoms with E-state index in [2.05, 4.69) is 17.1 Å². The molecule has 1 aliphatic rings. The molecule has 0 bridgehead atoms. The molecule has 3 N–H and O–H groups in total. The third kappa shape index (κ3) is 2.45. The van der Waals surface area contributed by atoms with Crippen LogP contribution in [-0.2, 0) is 4.79 Å². The lowest BCUT2D eigenvalue weighted by atomic mass is 10.1. The van der Waals surface area contributed by atoms with Gasteiger partial charge in [0.25, 0.3) is 0 Å². The van der Waals surface area contributed by atoms with E-state index in [9.17, 15) is 4.79 Å². The fourth-order valence-electron chi connectivity index (χ4n) is 2.17. The molecule has 4 heteroatoms. The molecule has 1 saturated heterocycles. The Bertz CT molecular complexity index is 196. The maximum absolute atomic E-state index is 11.5. The van der Waals surface area contributed by atoms with Crippen molar-refractivity contribution in [2.24, 2.45) is 5.73 Å². The van der Waals surface area contributed by atoms with Crippen molar-refractivity contribution in [3.8, 4) is 0 Å². The summed E-state index contributed by atoms with van der Waals surface area (Å²) in [6, 6.07) is 0.492. The van der Waals surface area contributed by atoms with E-state index in [1.807, 2.05) is 0 Å². The standard InChI is InChI=1S/C10H21N3O/c1-8(5-6-11)13-7-3-4-9(13)10(14)12-2/h8-9H,3-7,11H2,1-2H3,(H,12,14). The molecule has 1 amide bonds. The van der Waals surface area contributed by atoms with Crippen LogP contribution in [0.4, 0.5) is 0 Å². The Kier molecular flexibility index (Phi) is 4.35. The SMILES string of the molecule is CNC(=O)C1CCCN1C(C)CCN. The first kappa shape index (κ1) is 11.5. The van der Waals surface area contributed by atoms with Crippen molar-refractivity contribution in [3.05, 3.63) is 0 Å². The molecule has 0 aliphatic carbocycles.